The predicted molar refractivity (Wildman–Crippen MR) is 84.9 cm³/mol. The van der Waals surface area contributed by atoms with Crippen LogP contribution in [-0.2, 0) is 0 Å². The van der Waals surface area contributed by atoms with Gasteiger partial charge >= 0.3 is 0 Å². The van der Waals surface area contributed by atoms with Gasteiger partial charge in [-0.3, -0.25) is 14.8 Å². The van der Waals surface area contributed by atoms with Crippen LogP contribution in [0.3, 0.4) is 0 Å². The Labute approximate surface area is 129 Å². The Morgan fingerprint density at radius 3 is 2.86 bits per heavy atom. The molecule has 0 fully saturated rings. The lowest BCUT2D eigenvalue weighted by molar-refractivity contribution is 0.102. The summed E-state index contributed by atoms with van der Waals surface area (Å²) in [6.45, 7) is 0. The van der Waals surface area contributed by atoms with E-state index in [1.165, 1.54) is 0 Å². The highest BCUT2D eigenvalue weighted by Crippen LogP contribution is 2.22. The van der Waals surface area contributed by atoms with Gasteiger partial charge in [-0.2, -0.15) is 8.75 Å². The van der Waals surface area contributed by atoms with Crippen LogP contribution in [0.15, 0.2) is 48.8 Å². The molecule has 106 valence electrons. The average molecular weight is 307 g/mol. The molecule has 3 aromatic heterocycles. The Balaban J connectivity index is 1.70. The van der Waals surface area contributed by atoms with Crippen LogP contribution < -0.4 is 5.32 Å². The number of hydrogen-bond donors (Lipinski definition) is 1. The van der Waals surface area contributed by atoms with Crippen molar-refractivity contribution in [3.05, 3.63) is 54.4 Å². The third-order valence-corrected chi connectivity index (χ3v) is 3.79. The average Bonchev–Trinajstić information content (AvgIpc) is 3.04. The van der Waals surface area contributed by atoms with Crippen molar-refractivity contribution >= 4 is 45.4 Å². The summed E-state index contributed by atoms with van der Waals surface area (Å²) in [7, 11) is 0. The highest BCUT2D eigenvalue weighted by molar-refractivity contribution is 7.00. The molecular weight excluding hydrogens is 298 g/mol. The van der Waals surface area contributed by atoms with Gasteiger partial charge in [-0.05, 0) is 30.3 Å². The molecule has 7 heteroatoms. The molecule has 0 atom stereocenters. The van der Waals surface area contributed by atoms with Gasteiger partial charge in [-0.25, -0.2) is 0 Å². The molecule has 22 heavy (non-hydrogen) atoms. The smallest absolute Gasteiger partial charge is 0.257 e. The van der Waals surface area contributed by atoms with Crippen LogP contribution in [-0.4, -0.2) is 24.6 Å². The summed E-state index contributed by atoms with van der Waals surface area (Å²) in [4.78, 5) is 20.9. The van der Waals surface area contributed by atoms with Gasteiger partial charge in [0.1, 0.15) is 11.0 Å². The lowest BCUT2D eigenvalue weighted by Gasteiger charge is -2.06. The normalized spacial score (nSPS) is 10.9. The van der Waals surface area contributed by atoms with Gasteiger partial charge in [0, 0.05) is 12.4 Å². The van der Waals surface area contributed by atoms with E-state index in [-0.39, 0.29) is 5.91 Å². The Bertz CT molecular complexity index is 997. The van der Waals surface area contributed by atoms with Crippen LogP contribution >= 0.6 is 11.7 Å². The van der Waals surface area contributed by atoms with Crippen molar-refractivity contribution in [3.8, 4) is 0 Å². The zero-order chi connectivity index (χ0) is 14.9. The molecule has 0 spiro atoms. The Hall–Kier alpha value is -2.93. The van der Waals surface area contributed by atoms with Gasteiger partial charge in [-0.1, -0.05) is 6.07 Å². The van der Waals surface area contributed by atoms with E-state index >= 15 is 0 Å². The first kappa shape index (κ1) is 12.8. The summed E-state index contributed by atoms with van der Waals surface area (Å²) in [5.41, 5.74) is 3.98. The Morgan fingerprint density at radius 1 is 1.00 bits per heavy atom. The Morgan fingerprint density at radius 2 is 1.91 bits per heavy atom. The van der Waals surface area contributed by atoms with Crippen molar-refractivity contribution in [1.82, 2.24) is 18.7 Å². The summed E-state index contributed by atoms with van der Waals surface area (Å²) < 4.78 is 8.36. The maximum Gasteiger partial charge on any atom is 0.257 e. The molecule has 0 saturated carbocycles. The molecule has 0 aliphatic carbocycles. The van der Waals surface area contributed by atoms with Crippen molar-refractivity contribution < 1.29 is 4.79 Å². The van der Waals surface area contributed by atoms with Crippen LogP contribution in [0.25, 0.3) is 22.1 Å². The number of carbonyl (C=O) groups excluding carboxylic acids is 1. The van der Waals surface area contributed by atoms with E-state index in [1.54, 1.807) is 24.5 Å². The number of fused-ring (bicyclic) bond motifs is 2. The Kier molecular flexibility index (Phi) is 2.97. The van der Waals surface area contributed by atoms with E-state index in [4.69, 9.17) is 0 Å². The first-order valence-corrected chi connectivity index (χ1v) is 7.28. The third kappa shape index (κ3) is 2.17. The lowest BCUT2D eigenvalue weighted by Crippen LogP contribution is -2.12. The lowest BCUT2D eigenvalue weighted by atomic mass is 10.2. The van der Waals surface area contributed by atoms with Crippen molar-refractivity contribution in [2.45, 2.75) is 0 Å². The van der Waals surface area contributed by atoms with Gasteiger partial charge in [0.25, 0.3) is 5.91 Å². The highest BCUT2D eigenvalue weighted by atomic mass is 32.1. The topological polar surface area (TPSA) is 80.7 Å². The van der Waals surface area contributed by atoms with Gasteiger partial charge in [0.15, 0.2) is 0 Å². The summed E-state index contributed by atoms with van der Waals surface area (Å²) in [6, 6.07) is 10.9. The standard InChI is InChI=1S/C15H9N5OS/c21-15(9-7-13-10(17-8-9)5-2-6-16-13)18-11-3-1-4-12-14(11)20-22-19-12/h1-8H,(H,18,21). The number of amides is 1. The van der Waals surface area contributed by atoms with Crippen LogP contribution in [0.5, 0.6) is 0 Å². The van der Waals surface area contributed by atoms with E-state index < -0.39 is 0 Å². The molecule has 0 bridgehead atoms. The summed E-state index contributed by atoms with van der Waals surface area (Å²) in [5, 5.41) is 2.85. The van der Waals surface area contributed by atoms with Crippen LogP contribution in [0.4, 0.5) is 5.69 Å². The van der Waals surface area contributed by atoms with Crippen LogP contribution in [0, 0.1) is 0 Å². The fourth-order valence-corrected chi connectivity index (χ4v) is 2.73. The zero-order valence-electron chi connectivity index (χ0n) is 11.2. The minimum absolute atomic E-state index is 0.249. The molecule has 1 N–H and O–H groups in total. The molecule has 1 amide bonds. The molecule has 0 saturated heterocycles. The molecule has 6 nitrogen and oxygen atoms in total. The molecule has 0 radical (unpaired) electrons. The van der Waals surface area contributed by atoms with Crippen molar-refractivity contribution in [1.29, 1.82) is 0 Å². The molecule has 1 aromatic carbocycles. The second-order valence-corrected chi connectivity index (χ2v) is 5.19. The monoisotopic (exact) mass is 307 g/mol. The fourth-order valence-electron chi connectivity index (χ4n) is 2.18. The van der Waals surface area contributed by atoms with E-state index in [1.807, 2.05) is 24.3 Å². The number of benzene rings is 1. The number of aromatic nitrogens is 4. The number of anilines is 1. The molecule has 0 aliphatic heterocycles. The summed E-state index contributed by atoms with van der Waals surface area (Å²) in [5.74, 6) is -0.249. The van der Waals surface area contributed by atoms with E-state index in [2.05, 4.69) is 24.0 Å². The number of nitrogens with one attached hydrogen (secondary N) is 1. The third-order valence-electron chi connectivity index (χ3n) is 3.25. The molecular formula is C15H9N5OS. The summed E-state index contributed by atoms with van der Waals surface area (Å²) in [6.07, 6.45) is 3.21. The number of carbonyl (C=O) groups is 1. The van der Waals surface area contributed by atoms with Crippen molar-refractivity contribution in [2.75, 3.05) is 5.32 Å². The molecule has 3 heterocycles. The number of rotatable bonds is 2. The second kappa shape index (κ2) is 5.12. The van der Waals surface area contributed by atoms with Crippen molar-refractivity contribution in [3.63, 3.8) is 0 Å². The molecule has 0 unspecified atom stereocenters. The first-order chi connectivity index (χ1) is 10.8. The largest absolute Gasteiger partial charge is 0.320 e. The van der Waals surface area contributed by atoms with Gasteiger partial charge in [-0.15, -0.1) is 0 Å². The van der Waals surface area contributed by atoms with Crippen molar-refractivity contribution in [2.24, 2.45) is 0 Å². The van der Waals surface area contributed by atoms with Gasteiger partial charge in [0.05, 0.1) is 34.0 Å². The van der Waals surface area contributed by atoms with E-state index in [9.17, 15) is 4.79 Å². The molecule has 0 aliphatic rings. The highest BCUT2D eigenvalue weighted by Gasteiger charge is 2.11. The minimum atomic E-state index is -0.249. The second-order valence-electron chi connectivity index (χ2n) is 4.66. The van der Waals surface area contributed by atoms with Crippen LogP contribution in [0.2, 0.25) is 0 Å². The first-order valence-electron chi connectivity index (χ1n) is 6.55. The van der Waals surface area contributed by atoms with Gasteiger partial charge in [0.2, 0.25) is 0 Å². The maximum atomic E-state index is 12.4. The minimum Gasteiger partial charge on any atom is -0.320 e. The van der Waals surface area contributed by atoms with E-state index in [0.717, 1.165) is 22.8 Å². The number of nitrogens with zero attached hydrogens (tertiary/aromatic N) is 4. The SMILES string of the molecule is O=C(Nc1cccc2nsnc12)c1cnc2cccnc2c1. The fraction of sp³-hybridized carbons (Fsp3) is 0. The predicted octanol–water partition coefficient (Wildman–Crippen LogP) is 2.89. The maximum absolute atomic E-state index is 12.4. The number of hydrogen-bond acceptors (Lipinski definition) is 6. The quantitative estimate of drug-likeness (QED) is 0.616. The van der Waals surface area contributed by atoms with Crippen LogP contribution in [0.1, 0.15) is 10.4 Å². The molecule has 4 aromatic rings. The number of pyridine rings is 2. The zero-order valence-corrected chi connectivity index (χ0v) is 12.0. The van der Waals surface area contributed by atoms with Gasteiger partial charge < -0.3 is 5.32 Å². The van der Waals surface area contributed by atoms with E-state index in [0.29, 0.717) is 22.3 Å². The molecule has 4 rings (SSSR count). The summed E-state index contributed by atoms with van der Waals surface area (Å²) >= 11 is 1.12.